The summed E-state index contributed by atoms with van der Waals surface area (Å²) in [5.74, 6) is -0.903. The standard InChI is InChI=1S/C29H35NO3.C12H16F6N2O3/c1-20-8-6-10-24-23(20)9-7-11-25(24)26-19-22(12-13-27(26)32-5)18-21-14-16-30(17-15-21)28(31)33-29(2,3)4;1-23-8(21)6-19-9(22)10(12(16,17)18)2-4-20(5-3-10)7-11(13,14)15/h6-13,19,21H,14-18H2,1-5H3;2-7H2,1H3,(H,19,22). The molecule has 0 unspecified atom stereocenters. The maximum Gasteiger partial charge on any atom is 0.410 e. The number of likely N-dealkylation sites (tertiary alicyclic amines) is 2. The maximum atomic E-state index is 13.3. The Labute approximate surface area is 323 Å². The first kappa shape index (κ1) is 44.2. The number of benzene rings is 3. The molecule has 0 aliphatic carbocycles. The number of fused-ring (bicyclic) bond motifs is 1. The van der Waals surface area contributed by atoms with Crippen LogP contribution < -0.4 is 10.1 Å². The molecular weight excluding hydrogens is 744 g/mol. The molecule has 0 saturated carbocycles. The molecule has 0 spiro atoms. The van der Waals surface area contributed by atoms with E-state index in [0.717, 1.165) is 55.7 Å². The zero-order valence-corrected chi connectivity index (χ0v) is 32.7. The minimum Gasteiger partial charge on any atom is -0.496 e. The van der Waals surface area contributed by atoms with Gasteiger partial charge in [-0.2, -0.15) is 26.3 Å². The summed E-state index contributed by atoms with van der Waals surface area (Å²) in [4.78, 5) is 37.8. The number of piperidine rings is 2. The number of methoxy groups -OCH3 is 2. The van der Waals surface area contributed by atoms with Gasteiger partial charge in [-0.05, 0) is 118 Å². The van der Waals surface area contributed by atoms with Gasteiger partial charge >= 0.3 is 24.4 Å². The van der Waals surface area contributed by atoms with Crippen LogP contribution in [0, 0.1) is 18.3 Å². The van der Waals surface area contributed by atoms with E-state index >= 15 is 0 Å². The second-order valence-corrected chi connectivity index (χ2v) is 15.4. The van der Waals surface area contributed by atoms with Crippen molar-refractivity contribution in [1.82, 2.24) is 15.1 Å². The van der Waals surface area contributed by atoms with Crippen LogP contribution in [0.2, 0.25) is 0 Å². The Kier molecular flexibility index (Phi) is 14.3. The van der Waals surface area contributed by atoms with Gasteiger partial charge in [0.2, 0.25) is 5.91 Å². The van der Waals surface area contributed by atoms with E-state index in [1.54, 1.807) is 7.11 Å². The van der Waals surface area contributed by atoms with E-state index in [0.29, 0.717) is 5.92 Å². The first-order valence-electron chi connectivity index (χ1n) is 18.5. The number of aryl methyl sites for hydroxylation is 1. The van der Waals surface area contributed by atoms with Crippen LogP contribution in [0.3, 0.4) is 0 Å². The minimum atomic E-state index is -4.93. The van der Waals surface area contributed by atoms with E-state index in [2.05, 4.69) is 66.3 Å². The Balaban J connectivity index is 0.000000267. The number of carbonyl (C=O) groups is 3. The van der Waals surface area contributed by atoms with Crippen LogP contribution in [-0.4, -0.2) is 99.2 Å². The summed E-state index contributed by atoms with van der Waals surface area (Å²) in [6, 6.07) is 19.5. The molecule has 1 N–H and O–H groups in total. The summed E-state index contributed by atoms with van der Waals surface area (Å²) in [5, 5.41) is 4.36. The Morgan fingerprint density at radius 3 is 2.04 bits per heavy atom. The van der Waals surface area contributed by atoms with Crippen molar-refractivity contribution in [3.8, 4) is 16.9 Å². The van der Waals surface area contributed by atoms with E-state index in [1.807, 2.05) is 31.0 Å². The monoisotopic (exact) mass is 795 g/mol. The fraction of sp³-hybridized carbons (Fsp3) is 0.537. The predicted octanol–water partition coefficient (Wildman–Crippen LogP) is 8.50. The first-order chi connectivity index (χ1) is 26.2. The number of amides is 2. The molecule has 5 rings (SSSR count). The minimum absolute atomic E-state index is 0.195. The number of hydrogen-bond donors (Lipinski definition) is 1. The van der Waals surface area contributed by atoms with Gasteiger partial charge in [-0.3, -0.25) is 14.5 Å². The quantitative estimate of drug-likeness (QED) is 0.181. The lowest BCUT2D eigenvalue weighted by Gasteiger charge is -2.41. The highest BCUT2D eigenvalue weighted by Gasteiger charge is 2.61. The highest BCUT2D eigenvalue weighted by atomic mass is 19.4. The van der Waals surface area contributed by atoms with Crippen molar-refractivity contribution in [2.24, 2.45) is 11.3 Å². The van der Waals surface area contributed by atoms with Gasteiger partial charge in [-0.1, -0.05) is 42.5 Å². The van der Waals surface area contributed by atoms with Gasteiger partial charge in [0, 0.05) is 18.7 Å². The molecule has 3 aromatic carbocycles. The average Bonchev–Trinajstić information content (AvgIpc) is 3.12. The molecule has 2 amide bonds. The molecule has 2 aliphatic rings. The first-order valence-corrected chi connectivity index (χ1v) is 18.5. The van der Waals surface area contributed by atoms with E-state index in [1.165, 1.54) is 27.5 Å². The third-order valence-corrected chi connectivity index (χ3v) is 10.2. The third kappa shape index (κ3) is 11.5. The number of nitrogens with zero attached hydrogens (tertiary/aromatic N) is 2. The van der Waals surface area contributed by atoms with Crippen LogP contribution in [0.5, 0.6) is 5.75 Å². The van der Waals surface area contributed by atoms with E-state index in [-0.39, 0.29) is 6.09 Å². The van der Waals surface area contributed by atoms with Gasteiger partial charge in [0.05, 0.1) is 20.8 Å². The SMILES string of the molecule is COC(=O)CNC(=O)C1(C(F)(F)F)CCN(CC(F)(F)F)CC1.COc1ccc(CC2CCN(C(=O)OC(C)(C)C)CC2)cc1-c1cccc2c(C)cccc12. The van der Waals surface area contributed by atoms with Crippen LogP contribution >= 0.6 is 0 Å². The zero-order chi connectivity index (χ0) is 41.5. The number of hydrogen-bond acceptors (Lipinski definition) is 7. The molecule has 2 aliphatic heterocycles. The molecule has 0 atom stereocenters. The van der Waals surface area contributed by atoms with Crippen LogP contribution in [0.25, 0.3) is 21.9 Å². The maximum absolute atomic E-state index is 13.3. The van der Waals surface area contributed by atoms with Crippen LogP contribution in [0.15, 0.2) is 54.6 Å². The molecule has 0 aromatic heterocycles. The second kappa shape index (κ2) is 18.2. The molecule has 56 heavy (non-hydrogen) atoms. The highest BCUT2D eigenvalue weighted by Crippen LogP contribution is 2.47. The van der Waals surface area contributed by atoms with Gasteiger partial charge in [0.1, 0.15) is 23.3 Å². The smallest absolute Gasteiger partial charge is 0.410 e. The summed E-state index contributed by atoms with van der Waals surface area (Å²) in [5.41, 5.74) is 1.68. The Bertz CT molecular complexity index is 1820. The number of rotatable bonds is 8. The molecule has 0 radical (unpaired) electrons. The van der Waals surface area contributed by atoms with E-state index in [9.17, 15) is 40.7 Å². The zero-order valence-electron chi connectivity index (χ0n) is 32.7. The van der Waals surface area contributed by atoms with Crippen molar-refractivity contribution in [2.45, 2.75) is 77.8 Å². The summed E-state index contributed by atoms with van der Waals surface area (Å²) in [7, 11) is 2.74. The summed E-state index contributed by atoms with van der Waals surface area (Å²) in [6.07, 6.45) is -8.27. The predicted molar refractivity (Wildman–Crippen MR) is 200 cm³/mol. The molecule has 15 heteroatoms. The number of esters is 1. The summed E-state index contributed by atoms with van der Waals surface area (Å²) in [6.45, 7) is 6.29. The third-order valence-electron chi connectivity index (χ3n) is 10.2. The van der Waals surface area contributed by atoms with Gasteiger partial charge < -0.3 is 24.4 Å². The molecule has 0 bridgehead atoms. The van der Waals surface area contributed by atoms with Crippen molar-refractivity contribution < 1.29 is 54.9 Å². The number of ether oxygens (including phenoxy) is 3. The molecule has 2 saturated heterocycles. The van der Waals surface area contributed by atoms with Gasteiger partial charge in [-0.15, -0.1) is 0 Å². The number of nitrogens with one attached hydrogen (secondary N) is 1. The lowest BCUT2D eigenvalue weighted by atomic mass is 9.76. The van der Waals surface area contributed by atoms with Gasteiger partial charge in [-0.25, -0.2) is 4.79 Å². The topological polar surface area (TPSA) is 97.4 Å². The lowest BCUT2D eigenvalue weighted by Crippen LogP contribution is -2.57. The van der Waals surface area contributed by atoms with Crippen molar-refractivity contribution in [1.29, 1.82) is 0 Å². The normalized spacial score (nSPS) is 16.8. The van der Waals surface area contributed by atoms with Crippen LogP contribution in [0.4, 0.5) is 31.1 Å². The fourth-order valence-electron chi connectivity index (χ4n) is 7.15. The molecule has 3 aromatic rings. The Morgan fingerprint density at radius 2 is 1.46 bits per heavy atom. The fourth-order valence-corrected chi connectivity index (χ4v) is 7.15. The Hall–Kier alpha value is -4.53. The second-order valence-electron chi connectivity index (χ2n) is 15.4. The Morgan fingerprint density at radius 1 is 0.839 bits per heavy atom. The van der Waals surface area contributed by atoms with Gasteiger partial charge in [0.15, 0.2) is 0 Å². The highest BCUT2D eigenvalue weighted by molar-refractivity contribution is 5.99. The average molecular weight is 796 g/mol. The number of halogens is 6. The summed E-state index contributed by atoms with van der Waals surface area (Å²) < 4.78 is 92.2. The lowest BCUT2D eigenvalue weighted by molar-refractivity contribution is -0.236. The van der Waals surface area contributed by atoms with Gasteiger partial charge in [0.25, 0.3) is 0 Å². The van der Waals surface area contributed by atoms with Crippen molar-refractivity contribution in [3.05, 3.63) is 65.7 Å². The molecule has 308 valence electrons. The summed E-state index contributed by atoms with van der Waals surface area (Å²) >= 11 is 0. The van der Waals surface area contributed by atoms with Crippen molar-refractivity contribution in [3.63, 3.8) is 0 Å². The van der Waals surface area contributed by atoms with E-state index in [4.69, 9.17) is 9.47 Å². The van der Waals surface area contributed by atoms with Crippen molar-refractivity contribution in [2.75, 3.05) is 53.5 Å². The molecular formula is C41H51F6N3O6. The number of alkyl halides is 6. The van der Waals surface area contributed by atoms with Crippen LogP contribution in [0.1, 0.15) is 57.6 Å². The van der Waals surface area contributed by atoms with Crippen LogP contribution in [-0.2, 0) is 25.5 Å². The molecule has 2 heterocycles. The molecule has 9 nitrogen and oxygen atoms in total. The largest absolute Gasteiger partial charge is 0.496 e. The molecule has 2 fully saturated rings. The van der Waals surface area contributed by atoms with Crippen molar-refractivity contribution >= 4 is 28.7 Å². The van der Waals surface area contributed by atoms with E-state index < -0.39 is 74.3 Å². The number of carbonyl (C=O) groups excluding carboxylic acids is 3.